The van der Waals surface area contributed by atoms with E-state index in [0.29, 0.717) is 17.0 Å². The first-order valence-corrected chi connectivity index (χ1v) is 11.3. The van der Waals surface area contributed by atoms with Crippen molar-refractivity contribution < 1.29 is 13.2 Å². The molecule has 4 rings (SSSR count). The highest BCUT2D eigenvalue weighted by molar-refractivity contribution is 5.47. The second kappa shape index (κ2) is 9.29. The van der Waals surface area contributed by atoms with Crippen molar-refractivity contribution in [3.05, 3.63) is 70.0 Å². The molecule has 30 heavy (non-hydrogen) atoms. The Bertz CT molecular complexity index is 958. The summed E-state index contributed by atoms with van der Waals surface area (Å²) < 4.78 is 41.1. The normalized spacial score (nSPS) is 23.4. The summed E-state index contributed by atoms with van der Waals surface area (Å²) in [5.41, 5.74) is 2.97. The third kappa shape index (κ3) is 4.75. The Balaban J connectivity index is 1.45. The van der Waals surface area contributed by atoms with Crippen molar-refractivity contribution in [3.63, 3.8) is 0 Å². The molecule has 0 N–H and O–H groups in total. The Morgan fingerprint density at radius 2 is 1.60 bits per heavy atom. The van der Waals surface area contributed by atoms with E-state index in [1.54, 1.807) is 6.07 Å². The van der Waals surface area contributed by atoms with E-state index in [-0.39, 0.29) is 5.82 Å². The van der Waals surface area contributed by atoms with Gasteiger partial charge < -0.3 is 0 Å². The Kier molecular flexibility index (Phi) is 6.52. The smallest absolute Gasteiger partial charge is 0.160 e. The van der Waals surface area contributed by atoms with E-state index in [0.717, 1.165) is 48.8 Å². The van der Waals surface area contributed by atoms with Crippen LogP contribution in [0.2, 0.25) is 0 Å². The van der Waals surface area contributed by atoms with Crippen LogP contribution in [0.15, 0.2) is 30.3 Å². The average molecular weight is 411 g/mol. The molecule has 0 aliphatic heterocycles. The molecule has 0 aromatic heterocycles. The second-order valence-corrected chi connectivity index (χ2v) is 9.05. The molecule has 0 spiro atoms. The van der Waals surface area contributed by atoms with Crippen LogP contribution in [-0.2, 0) is 12.8 Å². The lowest BCUT2D eigenvalue weighted by atomic mass is 9.69. The molecule has 1 unspecified atom stereocenters. The zero-order valence-electron chi connectivity index (χ0n) is 17.6. The highest BCUT2D eigenvalue weighted by Gasteiger charge is 2.30. The zero-order valence-corrected chi connectivity index (χ0v) is 17.6. The van der Waals surface area contributed by atoms with Crippen LogP contribution in [0.5, 0.6) is 0 Å². The lowest BCUT2D eigenvalue weighted by molar-refractivity contribution is 0.184. The van der Waals surface area contributed by atoms with Gasteiger partial charge in [0.05, 0.1) is 5.56 Å². The fourth-order valence-electron chi connectivity index (χ4n) is 5.38. The standard InChI is InChI=1S/C27H29F3/c1-2-3-18-4-8-20(9-5-18)21-11-12-22-15-23(26(29)17-24(22)16-21)10-6-19-7-13-25(28)27(30)14-19/h7,13-15,17-18,20-21H,2-5,8-9,11-12,16H2,1H3. The van der Waals surface area contributed by atoms with E-state index in [1.807, 2.05) is 6.07 Å². The van der Waals surface area contributed by atoms with Crippen LogP contribution in [-0.4, -0.2) is 0 Å². The summed E-state index contributed by atoms with van der Waals surface area (Å²) in [5.74, 6) is 5.74. The van der Waals surface area contributed by atoms with Gasteiger partial charge in [0.2, 0.25) is 0 Å². The van der Waals surface area contributed by atoms with Crippen LogP contribution in [0.25, 0.3) is 0 Å². The minimum atomic E-state index is -0.942. The number of aryl methyl sites for hydroxylation is 1. The summed E-state index contributed by atoms with van der Waals surface area (Å²) in [6, 6.07) is 6.99. The number of fused-ring (bicyclic) bond motifs is 1. The van der Waals surface area contributed by atoms with E-state index in [2.05, 4.69) is 18.8 Å². The van der Waals surface area contributed by atoms with Crippen molar-refractivity contribution in [1.82, 2.24) is 0 Å². The van der Waals surface area contributed by atoms with Gasteiger partial charge in [-0.3, -0.25) is 0 Å². The van der Waals surface area contributed by atoms with Gasteiger partial charge in [-0.1, -0.05) is 44.4 Å². The van der Waals surface area contributed by atoms with E-state index < -0.39 is 11.6 Å². The van der Waals surface area contributed by atoms with Gasteiger partial charge in [0.1, 0.15) is 5.82 Å². The maximum Gasteiger partial charge on any atom is 0.160 e. The molecule has 1 fully saturated rings. The monoisotopic (exact) mass is 410 g/mol. The first kappa shape index (κ1) is 21.0. The highest BCUT2D eigenvalue weighted by Crippen LogP contribution is 2.40. The minimum Gasteiger partial charge on any atom is -0.206 e. The fraction of sp³-hybridized carbons (Fsp3) is 0.481. The summed E-state index contributed by atoms with van der Waals surface area (Å²) in [6.07, 6.45) is 11.1. The Morgan fingerprint density at radius 1 is 0.800 bits per heavy atom. The second-order valence-electron chi connectivity index (χ2n) is 9.05. The van der Waals surface area contributed by atoms with Crippen LogP contribution < -0.4 is 0 Å². The molecule has 2 aliphatic carbocycles. The van der Waals surface area contributed by atoms with Crippen molar-refractivity contribution >= 4 is 0 Å². The summed E-state index contributed by atoms with van der Waals surface area (Å²) in [4.78, 5) is 0. The summed E-state index contributed by atoms with van der Waals surface area (Å²) >= 11 is 0. The summed E-state index contributed by atoms with van der Waals surface area (Å²) in [6.45, 7) is 2.27. The third-order valence-electron chi connectivity index (χ3n) is 7.07. The highest BCUT2D eigenvalue weighted by atomic mass is 19.2. The molecule has 158 valence electrons. The molecule has 2 aromatic rings. The van der Waals surface area contributed by atoms with Gasteiger partial charge in [-0.05, 0) is 91.3 Å². The van der Waals surface area contributed by atoms with Crippen molar-refractivity contribution in [2.45, 2.75) is 64.7 Å². The number of rotatable bonds is 3. The molecule has 1 saturated carbocycles. The quantitative estimate of drug-likeness (QED) is 0.469. The van der Waals surface area contributed by atoms with Crippen LogP contribution in [0.3, 0.4) is 0 Å². The van der Waals surface area contributed by atoms with Gasteiger partial charge in [-0.2, -0.15) is 0 Å². The average Bonchev–Trinajstić information content (AvgIpc) is 2.75. The molecular weight excluding hydrogens is 381 g/mol. The zero-order chi connectivity index (χ0) is 21.1. The first-order valence-electron chi connectivity index (χ1n) is 11.3. The molecule has 0 nitrogen and oxygen atoms in total. The topological polar surface area (TPSA) is 0 Å². The van der Waals surface area contributed by atoms with Crippen LogP contribution in [0.4, 0.5) is 13.2 Å². The van der Waals surface area contributed by atoms with Crippen molar-refractivity contribution in [3.8, 4) is 11.8 Å². The van der Waals surface area contributed by atoms with Gasteiger partial charge in [-0.15, -0.1) is 0 Å². The number of hydrogen-bond donors (Lipinski definition) is 0. The maximum absolute atomic E-state index is 14.7. The fourth-order valence-corrected chi connectivity index (χ4v) is 5.38. The number of halogens is 3. The predicted octanol–water partition coefficient (Wildman–Crippen LogP) is 7.22. The Labute approximate surface area is 177 Å². The Hall–Kier alpha value is -2.21. The van der Waals surface area contributed by atoms with E-state index >= 15 is 0 Å². The molecule has 0 amide bonds. The van der Waals surface area contributed by atoms with Gasteiger partial charge in [0.15, 0.2) is 11.6 Å². The number of benzene rings is 2. The molecule has 0 saturated heterocycles. The van der Waals surface area contributed by atoms with Gasteiger partial charge in [0.25, 0.3) is 0 Å². The minimum absolute atomic E-state index is 0.323. The lowest BCUT2D eigenvalue weighted by Crippen LogP contribution is -2.26. The van der Waals surface area contributed by atoms with Crippen molar-refractivity contribution in [2.24, 2.45) is 17.8 Å². The largest absolute Gasteiger partial charge is 0.206 e. The molecule has 3 heteroatoms. The SMILES string of the molecule is CCCC1CCC(C2CCc3cc(C#Cc4ccc(F)c(F)c4)c(F)cc3C2)CC1. The molecule has 0 radical (unpaired) electrons. The predicted molar refractivity (Wildman–Crippen MR) is 115 cm³/mol. The van der Waals surface area contributed by atoms with Gasteiger partial charge in [0, 0.05) is 5.56 Å². The van der Waals surface area contributed by atoms with Crippen molar-refractivity contribution in [1.29, 1.82) is 0 Å². The first-order chi connectivity index (χ1) is 14.5. The van der Waals surface area contributed by atoms with Crippen LogP contribution >= 0.6 is 0 Å². The van der Waals surface area contributed by atoms with E-state index in [4.69, 9.17) is 0 Å². The molecule has 1 atom stereocenters. The van der Waals surface area contributed by atoms with E-state index in [1.165, 1.54) is 50.2 Å². The lowest BCUT2D eigenvalue weighted by Gasteiger charge is -2.36. The maximum atomic E-state index is 14.7. The van der Waals surface area contributed by atoms with Crippen LogP contribution in [0, 0.1) is 47.0 Å². The number of hydrogen-bond acceptors (Lipinski definition) is 0. The van der Waals surface area contributed by atoms with E-state index in [9.17, 15) is 13.2 Å². The van der Waals surface area contributed by atoms with Gasteiger partial charge in [-0.25, -0.2) is 13.2 Å². The van der Waals surface area contributed by atoms with Crippen molar-refractivity contribution in [2.75, 3.05) is 0 Å². The molecule has 2 aromatic carbocycles. The molecule has 0 heterocycles. The molecular formula is C27H29F3. The molecule has 0 bridgehead atoms. The summed E-state index contributed by atoms with van der Waals surface area (Å²) in [5, 5.41) is 0. The molecule has 2 aliphatic rings. The third-order valence-corrected chi connectivity index (χ3v) is 7.07. The Morgan fingerprint density at radius 3 is 2.33 bits per heavy atom. The summed E-state index contributed by atoms with van der Waals surface area (Å²) in [7, 11) is 0. The van der Waals surface area contributed by atoms with Crippen LogP contribution in [0.1, 0.15) is 74.1 Å². The van der Waals surface area contributed by atoms with Gasteiger partial charge >= 0.3 is 0 Å².